The number of aliphatic carboxylic acids is 1. The zero-order chi connectivity index (χ0) is 15.5. The quantitative estimate of drug-likeness (QED) is 0.723. The minimum Gasteiger partial charge on any atom is -0.480 e. The van der Waals surface area contributed by atoms with E-state index in [0.29, 0.717) is 6.54 Å². The first-order chi connectivity index (χ1) is 9.99. The van der Waals surface area contributed by atoms with E-state index in [-0.39, 0.29) is 16.6 Å². The molecule has 1 aliphatic rings. The zero-order valence-corrected chi connectivity index (χ0v) is 12.7. The Balaban J connectivity index is 2.15. The summed E-state index contributed by atoms with van der Waals surface area (Å²) in [5.74, 6) is -1.71. The minimum atomic E-state index is -1.06. The molecule has 2 rings (SSSR count). The van der Waals surface area contributed by atoms with Crippen LogP contribution >= 0.6 is 11.8 Å². The molecular weight excluding hydrogens is 296 g/mol. The number of hydrogen-bond donors (Lipinski definition) is 2. The first kappa shape index (κ1) is 16.2. The van der Waals surface area contributed by atoms with Gasteiger partial charge in [-0.05, 0) is 49.9 Å². The molecule has 0 radical (unpaired) electrons. The van der Waals surface area contributed by atoms with Crippen LogP contribution in [0.25, 0.3) is 0 Å². The first-order valence-electron chi connectivity index (χ1n) is 7.06. The van der Waals surface area contributed by atoms with Gasteiger partial charge in [-0.3, -0.25) is 4.79 Å². The molecule has 1 unspecified atom stereocenters. The molecule has 0 saturated heterocycles. The van der Waals surface area contributed by atoms with Gasteiger partial charge in [0.25, 0.3) is 0 Å². The molecule has 0 heterocycles. The monoisotopic (exact) mass is 315 g/mol. The lowest BCUT2D eigenvalue weighted by molar-refractivity contribution is -0.144. The Bertz CT molecular complexity index is 522. The van der Waals surface area contributed by atoms with E-state index in [2.05, 4.69) is 5.32 Å². The maximum Gasteiger partial charge on any atom is 0.325 e. The third-order valence-electron chi connectivity index (χ3n) is 3.69. The molecule has 2 N–H and O–H groups in total. The number of carboxylic acid groups (broad SMARTS) is 1. The third-order valence-corrected chi connectivity index (χ3v) is 4.92. The lowest BCUT2D eigenvalue weighted by atomic mass is 9.95. The molecule has 1 atom stereocenters. The highest BCUT2D eigenvalue weighted by Crippen LogP contribution is 2.43. The molecule has 0 aromatic heterocycles. The van der Waals surface area contributed by atoms with Crippen molar-refractivity contribution >= 4 is 17.7 Å². The van der Waals surface area contributed by atoms with E-state index in [4.69, 9.17) is 0 Å². The summed E-state index contributed by atoms with van der Waals surface area (Å²) in [5, 5.41) is 12.7. The number of halogens is 2. The summed E-state index contributed by atoms with van der Waals surface area (Å²) in [6.45, 7) is 2.56. The fourth-order valence-electron chi connectivity index (χ4n) is 2.33. The van der Waals surface area contributed by atoms with Gasteiger partial charge in [0.15, 0.2) is 0 Å². The van der Waals surface area contributed by atoms with Crippen LogP contribution in [0.2, 0.25) is 0 Å². The molecule has 6 heteroatoms. The molecule has 1 aromatic rings. The summed E-state index contributed by atoms with van der Waals surface area (Å²) < 4.78 is 26.8. The average Bonchev–Trinajstić information content (AvgIpc) is 3.27. The summed E-state index contributed by atoms with van der Waals surface area (Å²) in [5.41, 5.74) is -1.06. The largest absolute Gasteiger partial charge is 0.480 e. The highest BCUT2D eigenvalue weighted by atomic mass is 32.2. The number of thioether (sulfide) groups is 1. The molecule has 0 aliphatic heterocycles. The Morgan fingerprint density at radius 3 is 2.76 bits per heavy atom. The van der Waals surface area contributed by atoms with E-state index in [0.717, 1.165) is 49.2 Å². The van der Waals surface area contributed by atoms with Crippen molar-refractivity contribution in [2.75, 3.05) is 12.3 Å². The molecule has 3 nitrogen and oxygen atoms in total. The van der Waals surface area contributed by atoms with E-state index >= 15 is 0 Å². The van der Waals surface area contributed by atoms with Gasteiger partial charge >= 0.3 is 5.97 Å². The molecule has 0 spiro atoms. The van der Waals surface area contributed by atoms with Gasteiger partial charge in [-0.1, -0.05) is 6.92 Å². The van der Waals surface area contributed by atoms with Gasteiger partial charge in [-0.25, -0.2) is 8.78 Å². The number of carboxylic acids is 1. The Morgan fingerprint density at radius 2 is 2.19 bits per heavy atom. The van der Waals surface area contributed by atoms with Gasteiger partial charge in [-0.15, -0.1) is 11.8 Å². The van der Waals surface area contributed by atoms with Crippen molar-refractivity contribution in [3.63, 3.8) is 0 Å². The van der Waals surface area contributed by atoms with E-state index in [9.17, 15) is 18.7 Å². The van der Waals surface area contributed by atoms with Gasteiger partial charge in [0, 0.05) is 10.6 Å². The van der Waals surface area contributed by atoms with E-state index in [1.165, 1.54) is 0 Å². The maximum atomic E-state index is 13.7. The number of benzene rings is 1. The first-order valence-corrected chi connectivity index (χ1v) is 8.04. The Hall–Kier alpha value is -1.14. The van der Waals surface area contributed by atoms with Crippen molar-refractivity contribution in [2.45, 2.75) is 36.6 Å². The summed E-state index contributed by atoms with van der Waals surface area (Å²) in [6.07, 6.45) is 2.53. The van der Waals surface area contributed by atoms with Gasteiger partial charge in [0.05, 0.1) is 0 Å². The van der Waals surface area contributed by atoms with Crippen LogP contribution in [0, 0.1) is 17.6 Å². The molecule has 1 fully saturated rings. The topological polar surface area (TPSA) is 49.3 Å². The van der Waals surface area contributed by atoms with Crippen LogP contribution in [0.15, 0.2) is 23.1 Å². The molecule has 0 amide bonds. The highest BCUT2D eigenvalue weighted by molar-refractivity contribution is 7.99. The minimum absolute atomic E-state index is 0.0608. The molecule has 1 aromatic carbocycles. The summed E-state index contributed by atoms with van der Waals surface area (Å²) in [6, 6.07) is 3.23. The standard InChI is InChI=1S/C15H19F2NO2S/c1-2-7-18-15(14(19)20,10-3-4-10)9-21-13-8-11(16)5-6-12(13)17/h5-6,8,10,18H,2-4,7,9H2,1H3,(H,19,20). The van der Waals surface area contributed by atoms with Gasteiger partial charge in [-0.2, -0.15) is 0 Å². The van der Waals surface area contributed by atoms with Crippen molar-refractivity contribution in [2.24, 2.45) is 5.92 Å². The second-order valence-corrected chi connectivity index (χ2v) is 6.36. The van der Waals surface area contributed by atoms with Crippen LogP contribution in [0.4, 0.5) is 8.78 Å². The Kier molecular flexibility index (Phi) is 5.22. The van der Waals surface area contributed by atoms with Crippen LogP contribution < -0.4 is 5.32 Å². The van der Waals surface area contributed by atoms with Crippen LogP contribution in [-0.2, 0) is 4.79 Å². The van der Waals surface area contributed by atoms with Crippen molar-refractivity contribution in [3.05, 3.63) is 29.8 Å². The van der Waals surface area contributed by atoms with Crippen LogP contribution in [0.5, 0.6) is 0 Å². The molecule has 0 bridgehead atoms. The summed E-state index contributed by atoms with van der Waals surface area (Å²) in [7, 11) is 0. The number of hydrogen-bond acceptors (Lipinski definition) is 3. The fraction of sp³-hybridized carbons (Fsp3) is 0.533. The van der Waals surface area contributed by atoms with Crippen molar-refractivity contribution in [1.82, 2.24) is 5.32 Å². The Morgan fingerprint density at radius 1 is 1.48 bits per heavy atom. The number of rotatable bonds is 8. The SMILES string of the molecule is CCCNC(CSc1cc(F)ccc1F)(C(=O)O)C1CC1. The van der Waals surface area contributed by atoms with Gasteiger partial charge in [0.2, 0.25) is 0 Å². The van der Waals surface area contributed by atoms with Crippen molar-refractivity contribution < 1.29 is 18.7 Å². The second kappa shape index (κ2) is 6.75. The van der Waals surface area contributed by atoms with E-state index in [1.807, 2.05) is 6.92 Å². The normalized spacial score (nSPS) is 17.5. The zero-order valence-electron chi connectivity index (χ0n) is 11.9. The second-order valence-electron chi connectivity index (χ2n) is 5.34. The Labute approximate surface area is 127 Å². The average molecular weight is 315 g/mol. The number of nitrogens with one attached hydrogen (secondary N) is 1. The maximum absolute atomic E-state index is 13.7. The van der Waals surface area contributed by atoms with Crippen LogP contribution in [0.1, 0.15) is 26.2 Å². The molecule has 21 heavy (non-hydrogen) atoms. The van der Waals surface area contributed by atoms with E-state index in [1.54, 1.807) is 0 Å². The van der Waals surface area contributed by atoms with Crippen LogP contribution in [-0.4, -0.2) is 28.9 Å². The smallest absolute Gasteiger partial charge is 0.325 e. The van der Waals surface area contributed by atoms with Crippen molar-refractivity contribution in [1.29, 1.82) is 0 Å². The molecule has 1 saturated carbocycles. The summed E-state index contributed by atoms with van der Waals surface area (Å²) in [4.78, 5) is 11.9. The van der Waals surface area contributed by atoms with Crippen LogP contribution in [0.3, 0.4) is 0 Å². The predicted octanol–water partition coefficient (Wildman–Crippen LogP) is 3.29. The van der Waals surface area contributed by atoms with Gasteiger partial charge in [0.1, 0.15) is 17.2 Å². The molecule has 1 aliphatic carbocycles. The highest BCUT2D eigenvalue weighted by Gasteiger charge is 2.50. The summed E-state index contributed by atoms with van der Waals surface area (Å²) >= 11 is 1.06. The lowest BCUT2D eigenvalue weighted by Crippen LogP contribution is -2.56. The predicted molar refractivity (Wildman–Crippen MR) is 78.5 cm³/mol. The molecule has 116 valence electrons. The van der Waals surface area contributed by atoms with Crippen molar-refractivity contribution in [3.8, 4) is 0 Å². The third kappa shape index (κ3) is 3.74. The number of carbonyl (C=O) groups is 1. The molecular formula is C15H19F2NO2S. The lowest BCUT2D eigenvalue weighted by Gasteiger charge is -2.30. The fourth-order valence-corrected chi connectivity index (χ4v) is 3.58. The van der Waals surface area contributed by atoms with Gasteiger partial charge < -0.3 is 10.4 Å². The van der Waals surface area contributed by atoms with E-state index < -0.39 is 23.1 Å².